The Hall–Kier alpha value is 0.492. The molecule has 0 aromatic heterocycles. The molecule has 0 aliphatic carbocycles. The molecule has 1 aliphatic heterocycles. The number of hydrogen-bond acceptors (Lipinski definition) is 1. The number of rotatable bonds is 0. The lowest BCUT2D eigenvalue weighted by molar-refractivity contribution is 0.198. The molecule has 1 saturated heterocycles. The van der Waals surface area contributed by atoms with Crippen molar-refractivity contribution in [3.05, 3.63) is 0 Å². The second kappa shape index (κ2) is 3.67. The van der Waals surface area contributed by atoms with Gasteiger partial charge >= 0.3 is 0 Å². The van der Waals surface area contributed by atoms with Crippen LogP contribution < -0.4 is 0 Å². The van der Waals surface area contributed by atoms with Gasteiger partial charge in [-0.25, -0.2) is 0 Å². The fourth-order valence-electron chi connectivity index (χ4n) is 0.510. The Morgan fingerprint density at radius 1 is 1.00 bits per heavy atom. The van der Waals surface area contributed by atoms with E-state index >= 15 is 0 Å². The predicted octanol–water partition coefficient (Wildman–Crippen LogP) is -0.387. The first kappa shape index (κ1) is 6.49. The predicted molar refractivity (Wildman–Crippen MR) is 30.0 cm³/mol. The van der Waals surface area contributed by atoms with Crippen LogP contribution in [0.3, 0.4) is 0 Å². The van der Waals surface area contributed by atoms with Gasteiger partial charge in [0.25, 0.3) is 0 Å². The normalized spacial score (nSPS) is 20.0. The van der Waals surface area contributed by atoms with E-state index in [2.05, 4.69) is 0 Å². The van der Waals surface area contributed by atoms with Crippen molar-refractivity contribution in [2.45, 2.75) is 12.8 Å². The molecule has 0 bridgehead atoms. The van der Waals surface area contributed by atoms with Gasteiger partial charge in [0.2, 0.25) is 0 Å². The van der Waals surface area contributed by atoms with Crippen LogP contribution in [-0.2, 0) is 4.74 Å². The summed E-state index contributed by atoms with van der Waals surface area (Å²) in [6.45, 7) is 2.00. The highest BCUT2D eigenvalue weighted by molar-refractivity contribution is 5.75. The van der Waals surface area contributed by atoms with E-state index in [0.717, 1.165) is 13.2 Å². The number of hydrogen-bond donors (Lipinski definition) is 0. The van der Waals surface area contributed by atoms with Crippen LogP contribution in [0.25, 0.3) is 0 Å². The van der Waals surface area contributed by atoms with Crippen molar-refractivity contribution >= 4 is 17.4 Å². The molecule has 0 spiro atoms. The number of ether oxygens (including phenoxy) is 1. The first-order valence-electron chi connectivity index (χ1n) is 2.08. The summed E-state index contributed by atoms with van der Waals surface area (Å²) in [7, 11) is 0. The SMILES string of the molecule is C1CCOC1.[AlH3]. The summed E-state index contributed by atoms with van der Waals surface area (Å²) < 4.78 is 4.94. The molecular weight excluding hydrogens is 91.0 g/mol. The highest BCUT2D eigenvalue weighted by Gasteiger charge is 1.94. The van der Waals surface area contributed by atoms with E-state index < -0.39 is 0 Å². The minimum absolute atomic E-state index is 0. The molecule has 0 radical (unpaired) electrons. The monoisotopic (exact) mass is 102 g/mol. The van der Waals surface area contributed by atoms with Gasteiger partial charge in [-0.1, -0.05) is 0 Å². The average molecular weight is 102 g/mol. The van der Waals surface area contributed by atoms with E-state index in [-0.39, 0.29) is 17.4 Å². The van der Waals surface area contributed by atoms with Crippen LogP contribution in [0.2, 0.25) is 0 Å². The zero-order chi connectivity index (χ0) is 3.54. The first-order chi connectivity index (χ1) is 2.50. The maximum absolute atomic E-state index is 4.94. The molecule has 0 saturated carbocycles. The molecule has 0 aromatic carbocycles. The molecule has 0 N–H and O–H groups in total. The van der Waals surface area contributed by atoms with E-state index in [1.165, 1.54) is 12.8 Å². The topological polar surface area (TPSA) is 9.23 Å². The van der Waals surface area contributed by atoms with Gasteiger partial charge in [0.05, 0.1) is 0 Å². The Kier molecular flexibility index (Phi) is 3.98. The van der Waals surface area contributed by atoms with E-state index in [9.17, 15) is 0 Å². The largest absolute Gasteiger partial charge is 0.381 e. The molecule has 0 aromatic rings. The molecule has 0 amide bonds. The molecule has 2 heteroatoms. The Morgan fingerprint density at radius 3 is 1.67 bits per heavy atom. The molecule has 1 rings (SSSR count). The minimum atomic E-state index is 0. The lowest BCUT2D eigenvalue weighted by Gasteiger charge is -1.76. The zero-order valence-corrected chi connectivity index (χ0v) is 3.24. The van der Waals surface area contributed by atoms with E-state index in [0.29, 0.717) is 0 Å². The van der Waals surface area contributed by atoms with Gasteiger partial charge in [-0.05, 0) is 12.8 Å². The first-order valence-corrected chi connectivity index (χ1v) is 2.08. The second-order valence-corrected chi connectivity index (χ2v) is 1.32. The maximum Gasteiger partial charge on any atom is 0.187 e. The van der Waals surface area contributed by atoms with Crippen LogP contribution in [0.5, 0.6) is 0 Å². The highest BCUT2D eigenvalue weighted by atomic mass is 27.0. The van der Waals surface area contributed by atoms with Gasteiger partial charge < -0.3 is 4.74 Å². The summed E-state index contributed by atoms with van der Waals surface area (Å²) in [6, 6.07) is 0. The zero-order valence-electron chi connectivity index (χ0n) is 3.24. The summed E-state index contributed by atoms with van der Waals surface area (Å²) in [5, 5.41) is 0. The van der Waals surface area contributed by atoms with Crippen LogP contribution in [0.15, 0.2) is 0 Å². The third-order valence-electron chi connectivity index (χ3n) is 0.827. The minimum Gasteiger partial charge on any atom is -0.381 e. The van der Waals surface area contributed by atoms with Crippen molar-refractivity contribution in [2.75, 3.05) is 13.2 Å². The van der Waals surface area contributed by atoms with Crippen LogP contribution in [-0.4, -0.2) is 30.6 Å². The third-order valence-corrected chi connectivity index (χ3v) is 0.827. The van der Waals surface area contributed by atoms with Crippen molar-refractivity contribution in [3.8, 4) is 0 Å². The summed E-state index contributed by atoms with van der Waals surface area (Å²) in [6.07, 6.45) is 2.56. The molecule has 6 heavy (non-hydrogen) atoms. The lowest BCUT2D eigenvalue weighted by Crippen LogP contribution is -1.74. The molecule has 1 fully saturated rings. The summed E-state index contributed by atoms with van der Waals surface area (Å²) >= 11 is 0. The smallest absolute Gasteiger partial charge is 0.187 e. The Labute approximate surface area is 48.8 Å². The van der Waals surface area contributed by atoms with Crippen LogP contribution in [0.4, 0.5) is 0 Å². The van der Waals surface area contributed by atoms with Gasteiger partial charge in [-0.2, -0.15) is 0 Å². The fraction of sp³-hybridized carbons (Fsp3) is 1.00. The molecule has 0 unspecified atom stereocenters. The Morgan fingerprint density at radius 2 is 1.50 bits per heavy atom. The summed E-state index contributed by atoms with van der Waals surface area (Å²) in [5.41, 5.74) is 0. The van der Waals surface area contributed by atoms with E-state index in [1.54, 1.807) is 0 Å². The van der Waals surface area contributed by atoms with Gasteiger partial charge in [-0.3, -0.25) is 0 Å². The molecule has 1 nitrogen and oxygen atoms in total. The summed E-state index contributed by atoms with van der Waals surface area (Å²) in [4.78, 5) is 0. The lowest BCUT2D eigenvalue weighted by atomic mass is 10.4. The van der Waals surface area contributed by atoms with Gasteiger partial charge in [0.1, 0.15) is 0 Å². The quantitative estimate of drug-likeness (QED) is 0.378. The second-order valence-electron chi connectivity index (χ2n) is 1.32. The third kappa shape index (κ3) is 1.82. The maximum atomic E-state index is 4.94. The highest BCUT2D eigenvalue weighted by Crippen LogP contribution is 1.98. The van der Waals surface area contributed by atoms with Crippen LogP contribution >= 0.6 is 0 Å². The van der Waals surface area contributed by atoms with Crippen molar-refractivity contribution in [3.63, 3.8) is 0 Å². The van der Waals surface area contributed by atoms with Crippen LogP contribution in [0, 0.1) is 0 Å². The van der Waals surface area contributed by atoms with E-state index in [1.807, 2.05) is 0 Å². The standard InChI is InChI=1S/C4H8O.Al.3H/c1-2-4-5-3-1;;;;/h1-4H2;;;;. The van der Waals surface area contributed by atoms with Gasteiger partial charge in [-0.15, -0.1) is 0 Å². The Bertz CT molecular complexity index is 19.1. The van der Waals surface area contributed by atoms with Crippen molar-refractivity contribution in [1.29, 1.82) is 0 Å². The average Bonchev–Trinajstić information content (AvgIpc) is 1.76. The van der Waals surface area contributed by atoms with E-state index in [4.69, 9.17) is 4.74 Å². The molecule has 1 heterocycles. The molecule has 36 valence electrons. The van der Waals surface area contributed by atoms with Gasteiger partial charge in [0, 0.05) is 13.2 Å². The summed E-state index contributed by atoms with van der Waals surface area (Å²) in [5.74, 6) is 0. The van der Waals surface area contributed by atoms with Crippen LogP contribution in [0.1, 0.15) is 12.8 Å². The fourth-order valence-corrected chi connectivity index (χ4v) is 0.510. The van der Waals surface area contributed by atoms with Crippen molar-refractivity contribution in [1.82, 2.24) is 0 Å². The van der Waals surface area contributed by atoms with Crippen molar-refractivity contribution in [2.24, 2.45) is 0 Å². The molecular formula is C4H11AlO. The Balaban J connectivity index is 0.000000250. The molecule has 1 aliphatic rings. The van der Waals surface area contributed by atoms with Gasteiger partial charge in [0.15, 0.2) is 17.4 Å². The van der Waals surface area contributed by atoms with Crippen molar-refractivity contribution < 1.29 is 4.74 Å². The molecule has 0 atom stereocenters.